The van der Waals surface area contributed by atoms with Crippen LogP contribution in [0.1, 0.15) is 24.0 Å². The molecular formula is C23H33ClFN5. The third-order valence-electron chi connectivity index (χ3n) is 5.66. The molecule has 2 N–H and O–H groups in total. The Morgan fingerprint density at radius 1 is 1.00 bits per heavy atom. The van der Waals surface area contributed by atoms with Gasteiger partial charge in [0.05, 0.1) is 0 Å². The quantitative estimate of drug-likeness (QED) is 0.589. The molecule has 164 valence electrons. The van der Waals surface area contributed by atoms with Gasteiger partial charge in [-0.1, -0.05) is 23.7 Å². The molecule has 7 heteroatoms. The van der Waals surface area contributed by atoms with Gasteiger partial charge in [0.2, 0.25) is 0 Å². The highest BCUT2D eigenvalue weighted by Gasteiger charge is 2.17. The molecule has 0 unspecified atom stereocenters. The van der Waals surface area contributed by atoms with Crippen molar-refractivity contribution in [1.82, 2.24) is 19.7 Å². The topological polar surface area (TPSA) is 48.6 Å². The summed E-state index contributed by atoms with van der Waals surface area (Å²) in [6.45, 7) is 9.46. The largest absolute Gasteiger partial charge is 0.330 e. The second-order valence-electron chi connectivity index (χ2n) is 7.95. The second-order valence-corrected chi connectivity index (χ2v) is 8.36. The molecule has 30 heavy (non-hydrogen) atoms. The number of hydrogen-bond acceptors (Lipinski definition) is 5. The number of benzene rings is 1. The molecule has 2 heterocycles. The van der Waals surface area contributed by atoms with Crippen molar-refractivity contribution in [2.24, 2.45) is 5.73 Å². The molecule has 0 radical (unpaired) electrons. The second kappa shape index (κ2) is 12.3. The number of piperazine rings is 1. The summed E-state index contributed by atoms with van der Waals surface area (Å²) in [6, 6.07) is 8.89. The fourth-order valence-electron chi connectivity index (χ4n) is 3.94. The van der Waals surface area contributed by atoms with E-state index in [1.807, 2.05) is 12.3 Å². The van der Waals surface area contributed by atoms with Crippen LogP contribution < -0.4 is 5.73 Å². The summed E-state index contributed by atoms with van der Waals surface area (Å²) in [5.74, 6) is -0.243. The third kappa shape index (κ3) is 7.29. The number of rotatable bonds is 11. The summed E-state index contributed by atoms with van der Waals surface area (Å²) < 4.78 is 14.3. The maximum absolute atomic E-state index is 14.3. The zero-order chi connectivity index (χ0) is 21.2. The van der Waals surface area contributed by atoms with Gasteiger partial charge in [-0.2, -0.15) is 0 Å². The first-order chi connectivity index (χ1) is 14.7. The summed E-state index contributed by atoms with van der Waals surface area (Å²) in [7, 11) is 0. The van der Waals surface area contributed by atoms with E-state index in [0.717, 1.165) is 77.3 Å². The molecule has 2 aromatic rings. The molecule has 0 aliphatic carbocycles. The Labute approximate surface area is 184 Å². The Morgan fingerprint density at radius 3 is 2.37 bits per heavy atom. The lowest BCUT2D eigenvalue weighted by Gasteiger charge is -2.35. The molecular weight excluding hydrogens is 401 g/mol. The lowest BCUT2D eigenvalue weighted by molar-refractivity contribution is 0.125. The van der Waals surface area contributed by atoms with Crippen LogP contribution in [-0.2, 0) is 13.1 Å². The molecule has 1 fully saturated rings. The Hall–Kier alpha value is -1.57. The molecule has 0 spiro atoms. The Bertz CT molecular complexity index is 732. The zero-order valence-electron chi connectivity index (χ0n) is 17.6. The molecule has 0 amide bonds. The van der Waals surface area contributed by atoms with E-state index in [0.29, 0.717) is 17.1 Å². The molecule has 1 saturated heterocycles. The number of nitrogens with zero attached hydrogens (tertiary/aromatic N) is 4. The highest BCUT2D eigenvalue weighted by Crippen LogP contribution is 2.22. The average molecular weight is 434 g/mol. The predicted octanol–water partition coefficient (Wildman–Crippen LogP) is 3.23. The summed E-state index contributed by atoms with van der Waals surface area (Å²) in [6.07, 6.45) is 5.75. The van der Waals surface area contributed by atoms with Crippen LogP contribution in [0.15, 0.2) is 42.7 Å². The van der Waals surface area contributed by atoms with E-state index < -0.39 is 0 Å². The number of halogens is 2. The molecule has 0 atom stereocenters. The van der Waals surface area contributed by atoms with Gasteiger partial charge >= 0.3 is 0 Å². The van der Waals surface area contributed by atoms with Gasteiger partial charge in [-0.25, -0.2) is 4.39 Å². The first-order valence-electron chi connectivity index (χ1n) is 10.8. The lowest BCUT2D eigenvalue weighted by atomic mass is 10.1. The number of nitrogens with two attached hydrogens (primary N) is 1. The van der Waals surface area contributed by atoms with E-state index >= 15 is 0 Å². The van der Waals surface area contributed by atoms with E-state index in [-0.39, 0.29) is 5.82 Å². The van der Waals surface area contributed by atoms with E-state index in [1.54, 1.807) is 18.3 Å². The lowest BCUT2D eigenvalue weighted by Crippen LogP contribution is -2.47. The van der Waals surface area contributed by atoms with Crippen LogP contribution in [-0.4, -0.2) is 72.0 Å². The summed E-state index contributed by atoms with van der Waals surface area (Å²) in [4.78, 5) is 11.5. The van der Waals surface area contributed by atoms with E-state index in [1.165, 1.54) is 6.07 Å². The van der Waals surface area contributed by atoms with Crippen LogP contribution in [0.3, 0.4) is 0 Å². The van der Waals surface area contributed by atoms with E-state index in [2.05, 4.69) is 25.8 Å². The van der Waals surface area contributed by atoms with Crippen molar-refractivity contribution in [3.05, 3.63) is 64.7 Å². The molecule has 1 aliphatic rings. The molecule has 0 bridgehead atoms. The predicted molar refractivity (Wildman–Crippen MR) is 121 cm³/mol. The molecule has 3 rings (SSSR count). The first-order valence-corrected chi connectivity index (χ1v) is 11.2. The molecule has 5 nitrogen and oxygen atoms in total. The highest BCUT2D eigenvalue weighted by atomic mass is 35.5. The Morgan fingerprint density at radius 2 is 1.73 bits per heavy atom. The van der Waals surface area contributed by atoms with Gasteiger partial charge in [-0.05, 0) is 56.2 Å². The van der Waals surface area contributed by atoms with Gasteiger partial charge in [0.1, 0.15) is 5.82 Å². The Balaban J connectivity index is 1.53. The van der Waals surface area contributed by atoms with Crippen LogP contribution in [0.2, 0.25) is 5.02 Å². The molecule has 0 saturated carbocycles. The SMILES string of the molecule is NCCCN1CCN(CCCN(Cc2cccnc2)Cc2c(F)cccc2Cl)CC1. The van der Waals surface area contributed by atoms with Crippen molar-refractivity contribution in [2.75, 3.05) is 52.4 Å². The maximum Gasteiger partial charge on any atom is 0.129 e. The van der Waals surface area contributed by atoms with Gasteiger partial charge in [0, 0.05) is 68.8 Å². The molecule has 1 aliphatic heterocycles. The van der Waals surface area contributed by atoms with E-state index in [4.69, 9.17) is 17.3 Å². The number of pyridine rings is 1. The van der Waals surface area contributed by atoms with Crippen molar-refractivity contribution in [1.29, 1.82) is 0 Å². The summed E-state index contributed by atoms with van der Waals surface area (Å²) >= 11 is 6.28. The minimum Gasteiger partial charge on any atom is -0.330 e. The van der Waals surface area contributed by atoms with Gasteiger partial charge in [-0.15, -0.1) is 0 Å². The van der Waals surface area contributed by atoms with E-state index in [9.17, 15) is 4.39 Å². The minimum absolute atomic E-state index is 0.243. The smallest absolute Gasteiger partial charge is 0.129 e. The van der Waals surface area contributed by atoms with Gasteiger partial charge in [0.25, 0.3) is 0 Å². The summed E-state index contributed by atoms with van der Waals surface area (Å²) in [5, 5.41) is 0.486. The summed E-state index contributed by atoms with van der Waals surface area (Å²) in [5.41, 5.74) is 7.31. The van der Waals surface area contributed by atoms with Crippen LogP contribution in [0.4, 0.5) is 4.39 Å². The van der Waals surface area contributed by atoms with Crippen LogP contribution in [0, 0.1) is 5.82 Å². The fourth-order valence-corrected chi connectivity index (χ4v) is 4.16. The van der Waals surface area contributed by atoms with Crippen molar-refractivity contribution >= 4 is 11.6 Å². The van der Waals surface area contributed by atoms with Crippen molar-refractivity contribution in [3.63, 3.8) is 0 Å². The van der Waals surface area contributed by atoms with Crippen molar-refractivity contribution < 1.29 is 4.39 Å². The zero-order valence-corrected chi connectivity index (χ0v) is 18.4. The van der Waals surface area contributed by atoms with Crippen LogP contribution in [0.5, 0.6) is 0 Å². The third-order valence-corrected chi connectivity index (χ3v) is 6.02. The van der Waals surface area contributed by atoms with Crippen molar-refractivity contribution in [2.45, 2.75) is 25.9 Å². The standard InChI is InChI=1S/C23H33ClFN5/c24-22-6-1-7-23(25)21(22)19-30(18-20-5-2-9-27-17-20)12-4-11-29-15-13-28(14-16-29)10-3-8-26/h1-2,5-7,9,17H,3-4,8,10-16,18-19,26H2. The fraction of sp³-hybridized carbons (Fsp3) is 0.522. The average Bonchev–Trinajstić information content (AvgIpc) is 2.76. The number of aromatic nitrogens is 1. The van der Waals surface area contributed by atoms with Gasteiger partial charge in [-0.3, -0.25) is 9.88 Å². The van der Waals surface area contributed by atoms with Crippen LogP contribution >= 0.6 is 11.6 Å². The monoisotopic (exact) mass is 433 g/mol. The molecule has 1 aromatic carbocycles. The molecule has 1 aromatic heterocycles. The number of hydrogen-bond donors (Lipinski definition) is 1. The minimum atomic E-state index is -0.243. The normalized spacial score (nSPS) is 15.7. The highest BCUT2D eigenvalue weighted by molar-refractivity contribution is 6.31. The van der Waals surface area contributed by atoms with Crippen LogP contribution in [0.25, 0.3) is 0 Å². The maximum atomic E-state index is 14.3. The Kier molecular flexibility index (Phi) is 9.49. The van der Waals surface area contributed by atoms with Gasteiger partial charge in [0.15, 0.2) is 0 Å². The van der Waals surface area contributed by atoms with Crippen molar-refractivity contribution in [3.8, 4) is 0 Å². The van der Waals surface area contributed by atoms with Gasteiger partial charge < -0.3 is 15.5 Å². The first kappa shape index (κ1) is 23.1.